The first-order valence-electron chi connectivity index (χ1n) is 6.24. The number of carbonyl (C=O) groups is 1. The molecular formula is C16H16ClNO. The van der Waals surface area contributed by atoms with E-state index >= 15 is 0 Å². The van der Waals surface area contributed by atoms with E-state index in [0.29, 0.717) is 6.54 Å². The fourth-order valence-corrected chi connectivity index (χ4v) is 2.05. The molecule has 19 heavy (non-hydrogen) atoms. The summed E-state index contributed by atoms with van der Waals surface area (Å²) >= 11 is 6.08. The van der Waals surface area contributed by atoms with Crippen LogP contribution in [0.2, 0.25) is 5.02 Å². The Labute approximate surface area is 118 Å². The maximum absolute atomic E-state index is 12.2. The highest BCUT2D eigenvalue weighted by molar-refractivity contribution is 6.31. The predicted molar refractivity (Wildman–Crippen MR) is 78.5 cm³/mol. The van der Waals surface area contributed by atoms with E-state index in [1.165, 1.54) is 0 Å². The first-order chi connectivity index (χ1) is 9.18. The number of ketones is 1. The Bertz CT molecular complexity index is 554. The summed E-state index contributed by atoms with van der Waals surface area (Å²) in [6, 6.07) is 16.7. The minimum absolute atomic E-state index is 0.0904. The van der Waals surface area contributed by atoms with Crippen molar-refractivity contribution in [1.29, 1.82) is 0 Å². The van der Waals surface area contributed by atoms with Crippen molar-refractivity contribution >= 4 is 17.4 Å². The van der Waals surface area contributed by atoms with Gasteiger partial charge in [-0.1, -0.05) is 60.1 Å². The van der Waals surface area contributed by atoms with Crippen LogP contribution in [0.4, 0.5) is 0 Å². The maximum Gasteiger partial charge on any atom is 0.179 e. The summed E-state index contributed by atoms with van der Waals surface area (Å²) in [4.78, 5) is 12.2. The van der Waals surface area contributed by atoms with Crippen LogP contribution in [-0.4, -0.2) is 11.8 Å². The van der Waals surface area contributed by atoms with Gasteiger partial charge in [-0.15, -0.1) is 0 Å². The van der Waals surface area contributed by atoms with Crippen LogP contribution in [0, 0.1) is 0 Å². The minimum Gasteiger partial charge on any atom is -0.303 e. The van der Waals surface area contributed by atoms with Crippen molar-refractivity contribution < 1.29 is 4.79 Å². The van der Waals surface area contributed by atoms with Gasteiger partial charge in [-0.25, -0.2) is 0 Å². The zero-order valence-electron chi connectivity index (χ0n) is 10.8. The van der Waals surface area contributed by atoms with Gasteiger partial charge in [0.15, 0.2) is 5.78 Å². The quantitative estimate of drug-likeness (QED) is 0.842. The molecule has 3 heteroatoms. The van der Waals surface area contributed by atoms with E-state index in [1.807, 2.05) is 61.5 Å². The molecule has 0 radical (unpaired) electrons. The molecule has 0 aliphatic carbocycles. The summed E-state index contributed by atoms with van der Waals surface area (Å²) in [5.41, 5.74) is 1.72. The van der Waals surface area contributed by atoms with Crippen molar-refractivity contribution in [2.45, 2.75) is 19.5 Å². The highest BCUT2D eigenvalue weighted by Gasteiger charge is 2.14. The van der Waals surface area contributed by atoms with Gasteiger partial charge in [0, 0.05) is 17.1 Å². The molecule has 0 aromatic heterocycles. The Morgan fingerprint density at radius 3 is 2.42 bits per heavy atom. The van der Waals surface area contributed by atoms with E-state index in [0.717, 1.165) is 16.1 Å². The number of carbonyl (C=O) groups excluding carboxylic acids is 1. The fourth-order valence-electron chi connectivity index (χ4n) is 1.85. The summed E-state index contributed by atoms with van der Waals surface area (Å²) in [6.45, 7) is 2.45. The number of hydrogen-bond donors (Lipinski definition) is 1. The maximum atomic E-state index is 12.2. The van der Waals surface area contributed by atoms with Gasteiger partial charge < -0.3 is 5.32 Å². The molecule has 1 atom stereocenters. The average molecular weight is 274 g/mol. The minimum atomic E-state index is -0.237. The third-order valence-corrected chi connectivity index (χ3v) is 3.38. The van der Waals surface area contributed by atoms with Crippen LogP contribution in [0.1, 0.15) is 22.8 Å². The Morgan fingerprint density at radius 2 is 1.74 bits per heavy atom. The van der Waals surface area contributed by atoms with Crippen LogP contribution in [0.5, 0.6) is 0 Å². The number of Topliss-reactive ketones (excluding diaryl/α,β-unsaturated/α-hetero) is 1. The SMILES string of the molecule is CC(NCc1ccccc1Cl)C(=O)c1ccccc1. The summed E-state index contributed by atoms with van der Waals surface area (Å²) in [7, 11) is 0. The lowest BCUT2D eigenvalue weighted by atomic mass is 10.1. The van der Waals surface area contributed by atoms with Crippen LogP contribution < -0.4 is 5.32 Å². The van der Waals surface area contributed by atoms with Crippen LogP contribution in [0.15, 0.2) is 54.6 Å². The van der Waals surface area contributed by atoms with Crippen LogP contribution in [0.3, 0.4) is 0 Å². The topological polar surface area (TPSA) is 29.1 Å². The summed E-state index contributed by atoms with van der Waals surface area (Å²) in [5, 5.41) is 3.92. The Morgan fingerprint density at radius 1 is 1.11 bits per heavy atom. The summed E-state index contributed by atoms with van der Waals surface area (Å²) < 4.78 is 0. The van der Waals surface area contributed by atoms with Gasteiger partial charge in [0.2, 0.25) is 0 Å². The highest BCUT2D eigenvalue weighted by atomic mass is 35.5. The van der Waals surface area contributed by atoms with Gasteiger partial charge in [0.05, 0.1) is 6.04 Å². The number of rotatable bonds is 5. The Hall–Kier alpha value is -1.64. The number of benzene rings is 2. The standard InChI is InChI=1S/C16H16ClNO/c1-12(16(19)13-7-3-2-4-8-13)18-11-14-9-5-6-10-15(14)17/h2-10,12,18H,11H2,1H3. The molecule has 0 saturated carbocycles. The molecule has 0 aliphatic rings. The molecule has 1 unspecified atom stereocenters. The van der Waals surface area contributed by atoms with Crippen molar-refractivity contribution in [2.24, 2.45) is 0 Å². The van der Waals surface area contributed by atoms with Gasteiger partial charge in [-0.3, -0.25) is 4.79 Å². The molecule has 98 valence electrons. The van der Waals surface area contributed by atoms with E-state index in [1.54, 1.807) is 0 Å². The molecule has 2 rings (SSSR count). The van der Waals surface area contributed by atoms with Crippen LogP contribution >= 0.6 is 11.6 Å². The lowest BCUT2D eigenvalue weighted by Crippen LogP contribution is -2.33. The van der Waals surface area contributed by atoms with Gasteiger partial charge >= 0.3 is 0 Å². The summed E-state index contributed by atoms with van der Waals surface area (Å²) in [6.07, 6.45) is 0. The summed E-state index contributed by atoms with van der Waals surface area (Å²) in [5.74, 6) is 0.0904. The number of hydrogen-bond acceptors (Lipinski definition) is 2. The van der Waals surface area contributed by atoms with E-state index in [-0.39, 0.29) is 11.8 Å². The largest absolute Gasteiger partial charge is 0.303 e. The molecule has 0 aliphatic heterocycles. The molecule has 0 bridgehead atoms. The zero-order chi connectivity index (χ0) is 13.7. The second-order valence-corrected chi connectivity index (χ2v) is 4.83. The van der Waals surface area contributed by atoms with Gasteiger partial charge in [-0.2, -0.15) is 0 Å². The van der Waals surface area contributed by atoms with E-state index < -0.39 is 0 Å². The third kappa shape index (κ3) is 3.66. The van der Waals surface area contributed by atoms with Crippen LogP contribution in [0.25, 0.3) is 0 Å². The molecule has 0 amide bonds. The van der Waals surface area contributed by atoms with Crippen LogP contribution in [-0.2, 0) is 6.54 Å². The second-order valence-electron chi connectivity index (χ2n) is 4.42. The van der Waals surface area contributed by atoms with Crippen molar-refractivity contribution in [1.82, 2.24) is 5.32 Å². The van der Waals surface area contributed by atoms with Gasteiger partial charge in [0.25, 0.3) is 0 Å². The van der Waals surface area contributed by atoms with E-state index in [2.05, 4.69) is 5.32 Å². The molecule has 2 nitrogen and oxygen atoms in total. The van der Waals surface area contributed by atoms with Crippen molar-refractivity contribution in [3.63, 3.8) is 0 Å². The Kier molecular flexibility index (Phi) is 4.72. The van der Waals surface area contributed by atoms with Crippen molar-refractivity contribution in [3.8, 4) is 0 Å². The fraction of sp³-hybridized carbons (Fsp3) is 0.188. The monoisotopic (exact) mass is 273 g/mol. The van der Waals surface area contributed by atoms with Crippen molar-refractivity contribution in [3.05, 3.63) is 70.7 Å². The molecule has 0 saturated heterocycles. The molecular weight excluding hydrogens is 258 g/mol. The van der Waals surface area contributed by atoms with E-state index in [9.17, 15) is 4.79 Å². The average Bonchev–Trinajstić information content (AvgIpc) is 2.46. The first-order valence-corrected chi connectivity index (χ1v) is 6.62. The molecule has 2 aromatic carbocycles. The van der Waals surface area contributed by atoms with Gasteiger partial charge in [0.1, 0.15) is 0 Å². The molecule has 1 N–H and O–H groups in total. The lowest BCUT2D eigenvalue weighted by molar-refractivity contribution is 0.0950. The molecule has 0 heterocycles. The third-order valence-electron chi connectivity index (χ3n) is 3.01. The Balaban J connectivity index is 1.97. The number of halogens is 1. The molecule has 0 fully saturated rings. The lowest BCUT2D eigenvalue weighted by Gasteiger charge is -2.13. The second kappa shape index (κ2) is 6.50. The van der Waals surface area contributed by atoms with Crippen molar-refractivity contribution in [2.75, 3.05) is 0 Å². The van der Waals surface area contributed by atoms with E-state index in [4.69, 9.17) is 11.6 Å². The molecule has 2 aromatic rings. The zero-order valence-corrected chi connectivity index (χ0v) is 11.5. The predicted octanol–water partition coefficient (Wildman–Crippen LogP) is 3.70. The highest BCUT2D eigenvalue weighted by Crippen LogP contribution is 2.14. The van der Waals surface area contributed by atoms with Gasteiger partial charge in [-0.05, 0) is 18.6 Å². The normalized spacial score (nSPS) is 12.1. The smallest absolute Gasteiger partial charge is 0.179 e. The number of nitrogens with one attached hydrogen (secondary N) is 1. The molecule has 0 spiro atoms. The first kappa shape index (κ1) is 13.8.